The number of carbonyl (C=O) groups is 2. The molecule has 4 atom stereocenters. The molecule has 0 saturated carbocycles. The number of amides is 2. The predicted molar refractivity (Wildman–Crippen MR) is 124 cm³/mol. The van der Waals surface area contributed by atoms with Crippen LogP contribution in [0.15, 0.2) is 48.5 Å². The second-order valence-electron chi connectivity index (χ2n) is 8.97. The average molecular weight is 489 g/mol. The largest absolute Gasteiger partial charge is 0.453 e. The molecule has 0 N–H and O–H groups in total. The molecular formula is C26H30F2N2O5. The first-order chi connectivity index (χ1) is 16.8. The average Bonchev–Trinajstić information content (AvgIpc) is 3.33. The summed E-state index contributed by atoms with van der Waals surface area (Å²) in [6, 6.07) is 13.0. The number of piperidine rings is 1. The molecular weight excluding hydrogens is 458 g/mol. The Balaban J connectivity index is 1.61. The lowest BCUT2D eigenvalue weighted by Gasteiger charge is -2.47. The second kappa shape index (κ2) is 10.3. The zero-order valence-corrected chi connectivity index (χ0v) is 20.1. The van der Waals surface area contributed by atoms with Gasteiger partial charge in [-0.2, -0.15) is 0 Å². The number of rotatable bonds is 5. The molecule has 188 valence electrons. The second-order valence-corrected chi connectivity index (χ2v) is 8.97. The van der Waals surface area contributed by atoms with Crippen LogP contribution >= 0.6 is 0 Å². The van der Waals surface area contributed by atoms with Crippen molar-refractivity contribution >= 4 is 12.0 Å². The molecule has 0 aromatic heterocycles. The van der Waals surface area contributed by atoms with Gasteiger partial charge in [-0.15, -0.1) is 0 Å². The van der Waals surface area contributed by atoms with Gasteiger partial charge in [0.15, 0.2) is 0 Å². The minimum Gasteiger partial charge on any atom is -0.453 e. The van der Waals surface area contributed by atoms with Crippen molar-refractivity contribution in [2.24, 2.45) is 5.92 Å². The van der Waals surface area contributed by atoms with E-state index in [0.29, 0.717) is 13.0 Å². The van der Waals surface area contributed by atoms with E-state index in [9.17, 15) is 18.4 Å². The van der Waals surface area contributed by atoms with Crippen LogP contribution in [-0.4, -0.2) is 75.4 Å². The molecule has 2 fully saturated rings. The van der Waals surface area contributed by atoms with Gasteiger partial charge in [-0.05, 0) is 17.2 Å². The zero-order valence-electron chi connectivity index (χ0n) is 20.1. The molecule has 2 amide bonds. The Bertz CT molecular complexity index is 1070. The first kappa shape index (κ1) is 25.1. The lowest BCUT2D eigenvalue weighted by atomic mass is 9.80. The highest BCUT2D eigenvalue weighted by atomic mass is 19.1. The van der Waals surface area contributed by atoms with Gasteiger partial charge in [-0.25, -0.2) is 13.6 Å². The number of methoxy groups -OCH3 is 3. The van der Waals surface area contributed by atoms with Crippen LogP contribution in [-0.2, 0) is 24.6 Å². The third kappa shape index (κ3) is 4.62. The van der Waals surface area contributed by atoms with Crippen LogP contribution in [0.4, 0.5) is 13.6 Å². The number of nitrogens with zero attached hydrogens (tertiary/aromatic N) is 2. The third-order valence-corrected chi connectivity index (χ3v) is 7.31. The van der Waals surface area contributed by atoms with Crippen molar-refractivity contribution in [2.45, 2.75) is 24.0 Å². The monoisotopic (exact) mass is 488 g/mol. The van der Waals surface area contributed by atoms with Gasteiger partial charge in [0.1, 0.15) is 23.3 Å². The number of halogens is 2. The topological polar surface area (TPSA) is 68.3 Å². The van der Waals surface area contributed by atoms with Gasteiger partial charge in [0.25, 0.3) is 0 Å². The summed E-state index contributed by atoms with van der Waals surface area (Å²) in [5.41, 5.74) is 0.445. The van der Waals surface area contributed by atoms with Crippen molar-refractivity contribution in [1.29, 1.82) is 0 Å². The van der Waals surface area contributed by atoms with Crippen molar-refractivity contribution in [3.63, 3.8) is 0 Å². The molecule has 35 heavy (non-hydrogen) atoms. The molecule has 9 heteroatoms. The van der Waals surface area contributed by atoms with Gasteiger partial charge in [0.05, 0.1) is 19.6 Å². The van der Waals surface area contributed by atoms with Crippen molar-refractivity contribution in [2.75, 3.05) is 47.5 Å². The Kier molecular flexibility index (Phi) is 7.37. The molecule has 4 rings (SSSR count). The molecule has 0 radical (unpaired) electrons. The smallest absolute Gasteiger partial charge is 0.409 e. The Morgan fingerprint density at radius 2 is 1.71 bits per heavy atom. The minimum atomic E-state index is -0.740. The first-order valence-corrected chi connectivity index (χ1v) is 11.5. The van der Waals surface area contributed by atoms with Gasteiger partial charge in [-0.3, -0.25) is 4.79 Å². The van der Waals surface area contributed by atoms with E-state index in [1.165, 1.54) is 18.1 Å². The number of hydrogen-bond donors (Lipinski definition) is 0. The van der Waals surface area contributed by atoms with E-state index in [1.54, 1.807) is 19.1 Å². The maximum Gasteiger partial charge on any atom is 0.409 e. The van der Waals surface area contributed by atoms with Crippen LogP contribution in [0.25, 0.3) is 0 Å². The number of likely N-dealkylation sites (tertiary alicyclic amines) is 2. The van der Waals surface area contributed by atoms with Gasteiger partial charge in [-0.1, -0.05) is 36.4 Å². The van der Waals surface area contributed by atoms with Crippen LogP contribution in [0, 0.1) is 17.6 Å². The molecule has 2 aliphatic rings. The number of ether oxygens (including phenoxy) is 3. The molecule has 0 unspecified atom stereocenters. The van der Waals surface area contributed by atoms with Gasteiger partial charge in [0, 0.05) is 52.3 Å². The van der Waals surface area contributed by atoms with Gasteiger partial charge >= 0.3 is 6.09 Å². The fraction of sp³-hybridized carbons (Fsp3) is 0.462. The van der Waals surface area contributed by atoms with Crippen LogP contribution in [0.2, 0.25) is 0 Å². The highest BCUT2D eigenvalue weighted by Crippen LogP contribution is 2.40. The minimum absolute atomic E-state index is 0.0786. The molecule has 7 nitrogen and oxygen atoms in total. The van der Waals surface area contributed by atoms with Crippen LogP contribution in [0.5, 0.6) is 0 Å². The molecule has 0 aliphatic carbocycles. The number of carbonyl (C=O) groups excluding carboxylic acids is 2. The molecule has 2 heterocycles. The Morgan fingerprint density at radius 3 is 2.34 bits per heavy atom. The maximum atomic E-state index is 14.7. The molecule has 2 aromatic carbocycles. The molecule has 0 bridgehead atoms. The van der Waals surface area contributed by atoms with E-state index in [4.69, 9.17) is 14.2 Å². The van der Waals surface area contributed by atoms with E-state index in [2.05, 4.69) is 0 Å². The standard InChI is InChI=1S/C26H30F2N2O5/c1-33-23-16-29(12-11-26(23,35-3)17-7-5-4-6-8-17)24(31)21-15-30(25(32)34-2)14-20(21)19-10-9-18(27)13-22(19)28/h4-10,13,20-21,23H,11-12,14-16H2,1-3H3/t20-,21+,23-,26-/m0/s1. The summed E-state index contributed by atoms with van der Waals surface area (Å²) in [5, 5.41) is 0. The number of hydrogen-bond acceptors (Lipinski definition) is 5. The van der Waals surface area contributed by atoms with Crippen molar-refractivity contribution in [3.05, 3.63) is 71.3 Å². The molecule has 2 aromatic rings. The molecule has 2 aliphatic heterocycles. The Hall–Kier alpha value is -3.04. The fourth-order valence-electron chi connectivity index (χ4n) is 5.45. The summed E-state index contributed by atoms with van der Waals surface area (Å²) in [6.07, 6.45) is -0.531. The summed E-state index contributed by atoms with van der Waals surface area (Å²) in [5.74, 6) is -3.00. The van der Waals surface area contributed by atoms with Crippen LogP contribution < -0.4 is 0 Å². The highest BCUT2D eigenvalue weighted by Gasteiger charge is 2.49. The Labute approximate surface area is 203 Å². The quantitative estimate of drug-likeness (QED) is 0.644. The van der Waals surface area contributed by atoms with Gasteiger partial charge < -0.3 is 24.0 Å². The summed E-state index contributed by atoms with van der Waals surface area (Å²) < 4.78 is 44.9. The summed E-state index contributed by atoms with van der Waals surface area (Å²) in [4.78, 5) is 29.1. The van der Waals surface area contributed by atoms with E-state index >= 15 is 0 Å². The summed E-state index contributed by atoms with van der Waals surface area (Å²) in [6.45, 7) is 0.842. The van der Waals surface area contributed by atoms with E-state index in [1.807, 2.05) is 30.3 Å². The summed E-state index contributed by atoms with van der Waals surface area (Å²) in [7, 11) is 4.47. The van der Waals surface area contributed by atoms with Gasteiger partial charge in [0.2, 0.25) is 5.91 Å². The van der Waals surface area contributed by atoms with E-state index < -0.39 is 41.3 Å². The lowest BCUT2D eigenvalue weighted by Crippen LogP contribution is -2.57. The summed E-state index contributed by atoms with van der Waals surface area (Å²) >= 11 is 0. The normalized spacial score (nSPS) is 26.6. The molecule has 0 spiro atoms. The van der Waals surface area contributed by atoms with Crippen molar-refractivity contribution < 1.29 is 32.6 Å². The van der Waals surface area contributed by atoms with Crippen molar-refractivity contribution in [1.82, 2.24) is 9.80 Å². The number of benzene rings is 2. The van der Waals surface area contributed by atoms with Crippen LogP contribution in [0.1, 0.15) is 23.5 Å². The van der Waals surface area contributed by atoms with E-state index in [0.717, 1.165) is 17.7 Å². The fourth-order valence-corrected chi connectivity index (χ4v) is 5.45. The first-order valence-electron chi connectivity index (χ1n) is 11.5. The molecule has 2 saturated heterocycles. The zero-order chi connectivity index (χ0) is 25.2. The maximum absolute atomic E-state index is 14.7. The highest BCUT2D eigenvalue weighted by molar-refractivity contribution is 5.82. The third-order valence-electron chi connectivity index (χ3n) is 7.31. The van der Waals surface area contributed by atoms with Crippen LogP contribution in [0.3, 0.4) is 0 Å². The lowest BCUT2D eigenvalue weighted by molar-refractivity contribution is -0.170. The predicted octanol–water partition coefficient (Wildman–Crippen LogP) is 3.54. The van der Waals surface area contributed by atoms with Crippen molar-refractivity contribution in [3.8, 4) is 0 Å². The SMILES string of the molecule is COC(=O)N1C[C@@H](C(=O)N2CC[C@](OC)(c3ccccc3)[C@@H](OC)C2)[C@H](c2ccc(F)cc2F)C1. The Morgan fingerprint density at radius 1 is 0.971 bits per heavy atom. The van der Waals surface area contributed by atoms with E-state index in [-0.39, 0.29) is 31.1 Å².